The minimum Gasteiger partial charge on any atom is -0.457 e. The van der Waals surface area contributed by atoms with E-state index in [1.165, 1.54) is 89.9 Å². The van der Waals surface area contributed by atoms with Gasteiger partial charge in [0.05, 0.1) is 26.4 Å². The average Bonchev–Trinajstić information content (AvgIpc) is 3.37. The van der Waals surface area contributed by atoms with Gasteiger partial charge < -0.3 is 64.2 Å². The molecule has 0 spiro atoms. The Labute approximate surface area is 428 Å². The summed E-state index contributed by atoms with van der Waals surface area (Å²) in [6.07, 6.45) is 37.1. The molecule has 0 aromatic carbocycles. The first kappa shape index (κ1) is 64.8. The maximum Gasteiger partial charge on any atom is 0.306 e. The van der Waals surface area contributed by atoms with Crippen LogP contribution in [-0.4, -0.2) is 142 Å². The molecule has 412 valence electrons. The second-order valence-corrected chi connectivity index (χ2v) is 19.4. The molecular formula is C57H100O14. The first-order valence-corrected chi connectivity index (χ1v) is 27.9. The van der Waals surface area contributed by atoms with E-state index in [-0.39, 0.29) is 25.6 Å². The van der Waals surface area contributed by atoms with Gasteiger partial charge in [-0.05, 0) is 57.8 Å². The summed E-state index contributed by atoms with van der Waals surface area (Å²) < 4.78 is 34.3. The van der Waals surface area contributed by atoms with Gasteiger partial charge in [0.25, 0.3) is 0 Å². The highest BCUT2D eigenvalue weighted by molar-refractivity contribution is 5.69. The number of allylic oxidation sites excluding steroid dienone is 10. The van der Waals surface area contributed by atoms with E-state index in [4.69, 9.17) is 28.4 Å². The summed E-state index contributed by atoms with van der Waals surface area (Å²) in [4.78, 5) is 13.0. The van der Waals surface area contributed by atoms with Crippen molar-refractivity contribution in [3.8, 4) is 0 Å². The molecule has 2 rings (SSSR count). The van der Waals surface area contributed by atoms with E-state index in [9.17, 15) is 40.5 Å². The predicted molar refractivity (Wildman–Crippen MR) is 279 cm³/mol. The highest BCUT2D eigenvalue weighted by Crippen LogP contribution is 2.26. The van der Waals surface area contributed by atoms with Crippen LogP contribution in [0.3, 0.4) is 0 Å². The molecule has 11 unspecified atom stereocenters. The van der Waals surface area contributed by atoms with Crippen molar-refractivity contribution in [2.45, 2.75) is 261 Å². The Kier molecular flexibility index (Phi) is 40.2. The zero-order valence-electron chi connectivity index (χ0n) is 43.9. The Balaban J connectivity index is 1.70. The second-order valence-electron chi connectivity index (χ2n) is 19.4. The molecule has 0 aromatic rings. The number of rotatable bonds is 44. The zero-order valence-corrected chi connectivity index (χ0v) is 43.9. The third-order valence-corrected chi connectivity index (χ3v) is 13.0. The molecule has 2 aliphatic heterocycles. The molecule has 14 nitrogen and oxygen atoms in total. The van der Waals surface area contributed by atoms with E-state index >= 15 is 0 Å². The number of unbranched alkanes of at least 4 members (excludes halogenated alkanes) is 20. The molecule has 2 heterocycles. The van der Waals surface area contributed by atoms with E-state index in [1.807, 2.05) is 0 Å². The number of esters is 1. The fraction of sp³-hybridized carbons (Fsp3) is 0.807. The number of aliphatic hydroxyl groups is 7. The van der Waals surface area contributed by atoms with Crippen LogP contribution in [0.2, 0.25) is 0 Å². The van der Waals surface area contributed by atoms with Gasteiger partial charge in [-0.15, -0.1) is 0 Å². The second kappa shape index (κ2) is 44.0. The number of carbonyl (C=O) groups is 1. The van der Waals surface area contributed by atoms with Crippen LogP contribution in [0.1, 0.15) is 194 Å². The molecule has 11 atom stereocenters. The lowest BCUT2D eigenvalue weighted by Crippen LogP contribution is -2.61. The highest BCUT2D eigenvalue weighted by Gasteiger charge is 2.47. The summed E-state index contributed by atoms with van der Waals surface area (Å²) in [5.74, 6) is -0.383. The van der Waals surface area contributed by atoms with Crippen LogP contribution in [0.4, 0.5) is 0 Å². The Bertz CT molecular complexity index is 1400. The first-order chi connectivity index (χ1) is 34.6. The van der Waals surface area contributed by atoms with Crippen molar-refractivity contribution in [1.29, 1.82) is 0 Å². The minimum atomic E-state index is -1.71. The van der Waals surface area contributed by atoms with Gasteiger partial charge in [0.2, 0.25) is 0 Å². The summed E-state index contributed by atoms with van der Waals surface area (Å²) in [6, 6.07) is 0. The fourth-order valence-corrected chi connectivity index (χ4v) is 8.55. The van der Waals surface area contributed by atoms with Gasteiger partial charge in [-0.3, -0.25) is 4.79 Å². The number of aliphatic hydroxyl groups excluding tert-OH is 7. The maximum atomic E-state index is 13.0. The Morgan fingerprint density at radius 3 is 1.44 bits per heavy atom. The van der Waals surface area contributed by atoms with Gasteiger partial charge in [0.1, 0.15) is 54.9 Å². The molecule has 7 N–H and O–H groups in total. The van der Waals surface area contributed by atoms with E-state index in [2.05, 4.69) is 74.6 Å². The van der Waals surface area contributed by atoms with Crippen LogP contribution in [-0.2, 0) is 33.2 Å². The number of hydrogen-bond acceptors (Lipinski definition) is 14. The summed E-state index contributed by atoms with van der Waals surface area (Å²) in [7, 11) is 0. The minimum absolute atomic E-state index is 0.0593. The van der Waals surface area contributed by atoms with Crippen molar-refractivity contribution < 1.29 is 69.0 Å². The van der Waals surface area contributed by atoms with Crippen molar-refractivity contribution in [1.82, 2.24) is 0 Å². The molecule has 14 heteroatoms. The lowest BCUT2D eigenvalue weighted by atomic mass is 9.98. The van der Waals surface area contributed by atoms with Crippen molar-refractivity contribution in [3.05, 3.63) is 60.8 Å². The molecule has 0 amide bonds. The third-order valence-electron chi connectivity index (χ3n) is 13.0. The smallest absolute Gasteiger partial charge is 0.306 e. The standard InChI is InChI=1S/C57H100O14/c1-3-5-7-9-11-13-15-17-18-19-20-21-22-23-24-25-26-27-28-29-30-32-34-36-38-40-49(59)69-46(43-66-41-39-37-35-33-31-16-14-12-10-8-6-4-2)44-67-56-55(65)53(63)51(61)48(71-56)45-68-57-54(64)52(62)50(60)47(42-58)70-57/h5,7,11,13,17-18,20-21,23-24,46-48,50-58,60-65H,3-4,6,8-10,12,14-16,19,22,25-45H2,1-2H3/b7-5-,13-11-,18-17-,21-20-,24-23-. The van der Waals surface area contributed by atoms with Crippen LogP contribution < -0.4 is 0 Å². The Hall–Kier alpha value is -2.31. The molecule has 0 aromatic heterocycles. The largest absolute Gasteiger partial charge is 0.457 e. The molecule has 0 aliphatic carbocycles. The topological polar surface area (TPSA) is 214 Å². The third kappa shape index (κ3) is 31.2. The molecular weight excluding hydrogens is 909 g/mol. The van der Waals surface area contributed by atoms with Gasteiger partial charge in [0.15, 0.2) is 12.6 Å². The highest BCUT2D eigenvalue weighted by atomic mass is 16.7. The summed E-state index contributed by atoms with van der Waals surface area (Å²) in [5.41, 5.74) is 0. The molecule has 0 radical (unpaired) electrons. The Morgan fingerprint density at radius 1 is 0.479 bits per heavy atom. The summed E-state index contributed by atoms with van der Waals surface area (Å²) in [6.45, 7) is 3.57. The van der Waals surface area contributed by atoms with Crippen LogP contribution in [0.5, 0.6) is 0 Å². The first-order valence-electron chi connectivity index (χ1n) is 27.9. The van der Waals surface area contributed by atoms with Crippen LogP contribution in [0.15, 0.2) is 60.8 Å². The fourth-order valence-electron chi connectivity index (χ4n) is 8.55. The van der Waals surface area contributed by atoms with Gasteiger partial charge in [-0.25, -0.2) is 0 Å². The quantitative estimate of drug-likeness (QED) is 0.0172. The lowest BCUT2D eigenvalue weighted by Gasteiger charge is -2.42. The number of carbonyl (C=O) groups excluding carboxylic acids is 1. The molecule has 2 aliphatic rings. The monoisotopic (exact) mass is 1010 g/mol. The van der Waals surface area contributed by atoms with Crippen molar-refractivity contribution in [2.75, 3.05) is 33.0 Å². The van der Waals surface area contributed by atoms with Crippen molar-refractivity contribution in [3.63, 3.8) is 0 Å². The van der Waals surface area contributed by atoms with Gasteiger partial charge in [-0.1, -0.05) is 190 Å². The maximum absolute atomic E-state index is 13.0. The van der Waals surface area contributed by atoms with Gasteiger partial charge >= 0.3 is 5.97 Å². The molecule has 0 bridgehead atoms. The van der Waals surface area contributed by atoms with Crippen LogP contribution in [0.25, 0.3) is 0 Å². The Morgan fingerprint density at radius 2 is 0.915 bits per heavy atom. The summed E-state index contributed by atoms with van der Waals surface area (Å²) in [5, 5.41) is 72.2. The van der Waals surface area contributed by atoms with Crippen LogP contribution in [0, 0.1) is 0 Å². The number of ether oxygens (including phenoxy) is 6. The molecule has 2 saturated heterocycles. The summed E-state index contributed by atoms with van der Waals surface area (Å²) >= 11 is 0. The van der Waals surface area contributed by atoms with Gasteiger partial charge in [-0.2, -0.15) is 0 Å². The normalized spacial score (nSPS) is 25.8. The van der Waals surface area contributed by atoms with E-state index < -0.39 is 80.7 Å². The number of hydrogen-bond donors (Lipinski definition) is 7. The van der Waals surface area contributed by atoms with E-state index in [1.54, 1.807) is 0 Å². The van der Waals surface area contributed by atoms with Crippen molar-refractivity contribution >= 4 is 5.97 Å². The lowest BCUT2D eigenvalue weighted by molar-refractivity contribution is -0.332. The molecule has 0 saturated carbocycles. The van der Waals surface area contributed by atoms with Crippen LogP contribution >= 0.6 is 0 Å². The van der Waals surface area contributed by atoms with E-state index in [0.717, 1.165) is 77.0 Å². The zero-order chi connectivity index (χ0) is 51.6. The molecule has 2 fully saturated rings. The van der Waals surface area contributed by atoms with E-state index in [0.29, 0.717) is 13.0 Å². The van der Waals surface area contributed by atoms with Crippen molar-refractivity contribution in [2.24, 2.45) is 0 Å². The molecule has 71 heavy (non-hydrogen) atoms. The van der Waals surface area contributed by atoms with Gasteiger partial charge in [0, 0.05) is 13.0 Å². The average molecular weight is 1010 g/mol. The SMILES string of the molecule is CC/C=C\C/C=C\C/C=C\C/C=C\C/C=C\CCCCCCCCCCCC(=O)OC(COCCCCCCCCCCCCCC)COC1OC(COC2OC(CO)C(O)C(O)C2O)C(O)C(O)C1O. The predicted octanol–water partition coefficient (Wildman–Crippen LogP) is 9.30.